The van der Waals surface area contributed by atoms with E-state index in [9.17, 15) is 13.2 Å². The number of nitrogens with one attached hydrogen (secondary N) is 2. The Morgan fingerprint density at radius 3 is 2.31 bits per heavy atom. The van der Waals surface area contributed by atoms with Crippen molar-refractivity contribution in [3.05, 3.63) is 69.7 Å². The predicted molar refractivity (Wildman–Crippen MR) is 105 cm³/mol. The summed E-state index contributed by atoms with van der Waals surface area (Å²) >= 11 is 3.42. The van der Waals surface area contributed by atoms with Crippen molar-refractivity contribution < 1.29 is 13.2 Å². The molecule has 138 valence electrons. The van der Waals surface area contributed by atoms with E-state index in [-0.39, 0.29) is 17.6 Å². The van der Waals surface area contributed by atoms with Crippen LogP contribution in [-0.4, -0.2) is 21.4 Å². The van der Waals surface area contributed by atoms with E-state index in [1.807, 2.05) is 24.3 Å². The minimum Gasteiger partial charge on any atom is -0.352 e. The summed E-state index contributed by atoms with van der Waals surface area (Å²) in [4.78, 5) is 12.3. The highest BCUT2D eigenvalue weighted by molar-refractivity contribution is 9.10. The summed E-state index contributed by atoms with van der Waals surface area (Å²) in [6.45, 7) is 0.446. The molecule has 0 heterocycles. The van der Waals surface area contributed by atoms with Crippen LogP contribution in [0.4, 0.5) is 0 Å². The Kier molecular flexibility index (Phi) is 5.79. The highest BCUT2D eigenvalue weighted by atomic mass is 79.9. The molecule has 0 aromatic heterocycles. The zero-order valence-electron chi connectivity index (χ0n) is 14.4. The van der Waals surface area contributed by atoms with Crippen LogP contribution in [0.1, 0.15) is 29.0 Å². The SMILES string of the molecule is CNS(=O)(=O)Cc1ccc(CNC(=O)C2CC2c2ccc(Br)cc2)cc1. The van der Waals surface area contributed by atoms with Crippen molar-refractivity contribution in [2.45, 2.75) is 24.6 Å². The van der Waals surface area contributed by atoms with E-state index >= 15 is 0 Å². The van der Waals surface area contributed by atoms with E-state index in [0.717, 1.165) is 16.5 Å². The molecule has 2 unspecified atom stereocenters. The molecule has 0 saturated heterocycles. The third-order valence-electron chi connectivity index (χ3n) is 4.58. The number of rotatable bonds is 7. The fourth-order valence-corrected chi connectivity index (χ4v) is 3.97. The van der Waals surface area contributed by atoms with Crippen molar-refractivity contribution in [2.75, 3.05) is 7.05 Å². The molecule has 1 fully saturated rings. The molecule has 1 aliphatic carbocycles. The molecule has 1 amide bonds. The maximum atomic E-state index is 12.3. The second-order valence-corrected chi connectivity index (χ2v) is 9.34. The van der Waals surface area contributed by atoms with E-state index in [1.165, 1.54) is 12.6 Å². The standard InChI is InChI=1S/C19H21BrN2O3S/c1-21-26(24,25)12-14-4-2-13(3-5-14)11-22-19(23)18-10-17(18)15-6-8-16(20)9-7-15/h2-9,17-18,21H,10-12H2,1H3,(H,22,23). The number of sulfonamides is 1. The minimum absolute atomic E-state index is 0.0382. The lowest BCUT2D eigenvalue weighted by atomic mass is 10.1. The number of carbonyl (C=O) groups excluding carboxylic acids is 1. The molecule has 0 bridgehead atoms. The lowest BCUT2D eigenvalue weighted by molar-refractivity contribution is -0.122. The second kappa shape index (κ2) is 7.90. The molecule has 0 aliphatic heterocycles. The van der Waals surface area contributed by atoms with E-state index in [2.05, 4.69) is 38.1 Å². The molecule has 0 radical (unpaired) electrons. The summed E-state index contributed by atoms with van der Waals surface area (Å²) in [5.74, 6) is 0.362. The molecule has 1 saturated carbocycles. The van der Waals surface area contributed by atoms with Crippen LogP contribution in [-0.2, 0) is 27.1 Å². The highest BCUT2D eigenvalue weighted by Gasteiger charge is 2.43. The van der Waals surface area contributed by atoms with Gasteiger partial charge in [0, 0.05) is 16.9 Å². The van der Waals surface area contributed by atoms with Crippen molar-refractivity contribution in [1.29, 1.82) is 0 Å². The Morgan fingerprint density at radius 1 is 1.08 bits per heavy atom. The van der Waals surface area contributed by atoms with Gasteiger partial charge in [0.2, 0.25) is 15.9 Å². The lowest BCUT2D eigenvalue weighted by Gasteiger charge is -2.07. The number of hydrogen-bond donors (Lipinski definition) is 2. The van der Waals surface area contributed by atoms with Gasteiger partial charge in [0.1, 0.15) is 0 Å². The van der Waals surface area contributed by atoms with Gasteiger partial charge in [0.05, 0.1) is 5.75 Å². The smallest absolute Gasteiger partial charge is 0.224 e. The van der Waals surface area contributed by atoms with Gasteiger partial charge in [-0.05, 0) is 48.2 Å². The molecule has 2 aromatic carbocycles. The molecule has 2 atom stereocenters. The fraction of sp³-hybridized carbons (Fsp3) is 0.316. The largest absolute Gasteiger partial charge is 0.352 e. The fourth-order valence-electron chi connectivity index (χ4n) is 2.93. The van der Waals surface area contributed by atoms with Crippen LogP contribution in [0.15, 0.2) is 53.0 Å². The Hall–Kier alpha value is -1.70. The number of hydrogen-bond acceptors (Lipinski definition) is 3. The first-order chi connectivity index (χ1) is 12.4. The maximum Gasteiger partial charge on any atom is 0.224 e. The Bertz CT molecular complexity index is 880. The van der Waals surface area contributed by atoms with E-state index < -0.39 is 10.0 Å². The Labute approximate surface area is 162 Å². The van der Waals surface area contributed by atoms with Crippen LogP contribution in [0.25, 0.3) is 0 Å². The lowest BCUT2D eigenvalue weighted by Crippen LogP contribution is -2.25. The first kappa shape index (κ1) is 19.1. The second-order valence-electron chi connectivity index (χ2n) is 6.50. The number of halogens is 1. The van der Waals surface area contributed by atoms with Gasteiger partial charge in [-0.3, -0.25) is 4.79 Å². The summed E-state index contributed by atoms with van der Waals surface area (Å²) in [7, 11) is -1.87. The monoisotopic (exact) mass is 436 g/mol. The summed E-state index contributed by atoms with van der Waals surface area (Å²) in [6, 6.07) is 15.4. The molecule has 7 heteroatoms. The van der Waals surface area contributed by atoms with Crippen LogP contribution in [0.5, 0.6) is 0 Å². The minimum atomic E-state index is -3.27. The quantitative estimate of drug-likeness (QED) is 0.700. The first-order valence-corrected chi connectivity index (χ1v) is 10.8. The van der Waals surface area contributed by atoms with Crippen molar-refractivity contribution in [3.8, 4) is 0 Å². The topological polar surface area (TPSA) is 75.3 Å². The Balaban J connectivity index is 1.50. The predicted octanol–water partition coefficient (Wildman–Crippen LogP) is 2.92. The van der Waals surface area contributed by atoms with E-state index in [1.54, 1.807) is 12.1 Å². The van der Waals surface area contributed by atoms with Gasteiger partial charge < -0.3 is 5.32 Å². The summed E-state index contributed by atoms with van der Waals surface area (Å²) in [5, 5.41) is 2.97. The molecular weight excluding hydrogens is 416 g/mol. The number of amides is 1. The van der Waals surface area contributed by atoms with Gasteiger partial charge in [-0.25, -0.2) is 13.1 Å². The molecule has 0 spiro atoms. The summed E-state index contributed by atoms with van der Waals surface area (Å²) < 4.78 is 26.4. The van der Waals surface area contributed by atoms with Crippen LogP contribution in [0, 0.1) is 5.92 Å². The van der Waals surface area contributed by atoms with Gasteiger partial charge >= 0.3 is 0 Å². The van der Waals surface area contributed by atoms with Crippen molar-refractivity contribution in [3.63, 3.8) is 0 Å². The molecule has 5 nitrogen and oxygen atoms in total. The zero-order chi connectivity index (χ0) is 18.7. The van der Waals surface area contributed by atoms with Gasteiger partial charge in [-0.2, -0.15) is 0 Å². The van der Waals surface area contributed by atoms with E-state index in [4.69, 9.17) is 0 Å². The zero-order valence-corrected chi connectivity index (χ0v) is 16.8. The summed E-state index contributed by atoms with van der Waals surface area (Å²) in [5.41, 5.74) is 2.86. The van der Waals surface area contributed by atoms with Crippen LogP contribution >= 0.6 is 15.9 Å². The molecule has 2 N–H and O–H groups in total. The Morgan fingerprint density at radius 2 is 1.69 bits per heavy atom. The average Bonchev–Trinajstić information content (AvgIpc) is 3.42. The number of carbonyl (C=O) groups is 1. The first-order valence-electron chi connectivity index (χ1n) is 8.40. The maximum absolute atomic E-state index is 12.3. The van der Waals surface area contributed by atoms with E-state index in [0.29, 0.717) is 18.0 Å². The third-order valence-corrected chi connectivity index (χ3v) is 6.45. The van der Waals surface area contributed by atoms with Crippen LogP contribution in [0.2, 0.25) is 0 Å². The third kappa shape index (κ3) is 4.93. The number of benzene rings is 2. The van der Waals surface area contributed by atoms with Crippen molar-refractivity contribution in [1.82, 2.24) is 10.0 Å². The normalized spacial score (nSPS) is 19.2. The summed E-state index contributed by atoms with van der Waals surface area (Å²) in [6.07, 6.45) is 0.883. The van der Waals surface area contributed by atoms with Crippen LogP contribution in [0.3, 0.4) is 0 Å². The van der Waals surface area contributed by atoms with Gasteiger partial charge in [-0.1, -0.05) is 52.3 Å². The van der Waals surface area contributed by atoms with Crippen LogP contribution < -0.4 is 10.0 Å². The van der Waals surface area contributed by atoms with Crippen molar-refractivity contribution in [2.24, 2.45) is 5.92 Å². The highest BCUT2D eigenvalue weighted by Crippen LogP contribution is 2.47. The molecular formula is C19H21BrN2O3S. The average molecular weight is 437 g/mol. The van der Waals surface area contributed by atoms with Gasteiger partial charge in [0.25, 0.3) is 0 Å². The van der Waals surface area contributed by atoms with Crippen molar-refractivity contribution >= 4 is 31.9 Å². The molecule has 3 rings (SSSR count). The van der Waals surface area contributed by atoms with Gasteiger partial charge in [-0.15, -0.1) is 0 Å². The molecule has 2 aromatic rings. The van der Waals surface area contributed by atoms with Gasteiger partial charge in [0.15, 0.2) is 0 Å². The molecule has 1 aliphatic rings. The molecule has 26 heavy (non-hydrogen) atoms.